The fraction of sp³-hybridized carbons (Fsp3) is 0.0800. The van der Waals surface area contributed by atoms with E-state index in [1.807, 2.05) is 42.5 Å². The average molecular weight is 461 g/mol. The highest BCUT2D eigenvalue weighted by molar-refractivity contribution is 6.32. The molecular formula is C25H22ClFN6. The molecule has 5 N–H and O–H groups in total. The van der Waals surface area contributed by atoms with E-state index in [1.54, 1.807) is 30.6 Å². The lowest BCUT2D eigenvalue weighted by Gasteiger charge is -2.17. The van der Waals surface area contributed by atoms with E-state index in [-0.39, 0.29) is 5.84 Å². The number of fused-ring (bicyclic) bond motifs is 1. The first kappa shape index (κ1) is 22.2. The van der Waals surface area contributed by atoms with Gasteiger partial charge in [0, 0.05) is 12.4 Å². The van der Waals surface area contributed by atoms with Gasteiger partial charge in [-0.25, -0.2) is 0 Å². The molecule has 0 saturated heterocycles. The summed E-state index contributed by atoms with van der Waals surface area (Å²) in [6.45, 7) is 2.06. The first-order valence-corrected chi connectivity index (χ1v) is 10.7. The predicted molar refractivity (Wildman–Crippen MR) is 133 cm³/mol. The molecular weight excluding hydrogens is 439 g/mol. The Balaban J connectivity index is 1.92. The normalized spacial score (nSPS) is 13.0. The zero-order valence-electron chi connectivity index (χ0n) is 17.9. The van der Waals surface area contributed by atoms with Crippen LogP contribution in [-0.2, 0) is 0 Å². The third-order valence-corrected chi connectivity index (χ3v) is 5.65. The van der Waals surface area contributed by atoms with Gasteiger partial charge in [-0.05, 0) is 64.1 Å². The van der Waals surface area contributed by atoms with Crippen LogP contribution < -0.4 is 11.6 Å². The number of pyridine rings is 1. The molecule has 8 heteroatoms. The first-order chi connectivity index (χ1) is 16.0. The number of nitrogens with two attached hydrogens (primary N) is 2. The zero-order valence-corrected chi connectivity index (χ0v) is 18.6. The number of hydrogen-bond acceptors (Lipinski definition) is 4. The van der Waals surface area contributed by atoms with Gasteiger partial charge in [0.25, 0.3) is 0 Å². The number of benzene rings is 2. The van der Waals surface area contributed by atoms with E-state index in [2.05, 4.69) is 27.2 Å². The van der Waals surface area contributed by atoms with Crippen molar-refractivity contribution in [2.75, 3.05) is 0 Å². The van der Waals surface area contributed by atoms with Crippen molar-refractivity contribution in [3.8, 4) is 0 Å². The molecule has 0 aliphatic heterocycles. The molecule has 0 aliphatic rings. The quantitative estimate of drug-likeness (QED) is 0.156. The molecule has 33 heavy (non-hydrogen) atoms. The topological polar surface area (TPSA) is 106 Å². The largest absolute Gasteiger partial charge is 0.382 e. The fourth-order valence-corrected chi connectivity index (χ4v) is 3.99. The summed E-state index contributed by atoms with van der Waals surface area (Å²) in [4.78, 5) is 4.11. The second-order valence-electron chi connectivity index (χ2n) is 7.34. The van der Waals surface area contributed by atoms with Gasteiger partial charge in [0.1, 0.15) is 5.84 Å². The molecule has 2 heterocycles. The molecule has 0 spiro atoms. The Morgan fingerprint density at radius 1 is 1.15 bits per heavy atom. The molecule has 0 atom stereocenters. The molecule has 0 fully saturated rings. The van der Waals surface area contributed by atoms with Crippen LogP contribution in [0.4, 0.5) is 4.39 Å². The molecule has 2 aromatic heterocycles. The highest BCUT2D eigenvalue weighted by Crippen LogP contribution is 2.37. The molecule has 0 bridgehead atoms. The Bertz CT molecular complexity index is 1390. The van der Waals surface area contributed by atoms with E-state index in [4.69, 9.17) is 23.2 Å². The fourth-order valence-electron chi connectivity index (χ4n) is 3.76. The summed E-state index contributed by atoms with van der Waals surface area (Å²) in [6, 6.07) is 15.4. The monoisotopic (exact) mass is 460 g/mol. The van der Waals surface area contributed by atoms with Gasteiger partial charge in [-0.2, -0.15) is 14.6 Å². The van der Waals surface area contributed by atoms with Crippen molar-refractivity contribution in [3.63, 3.8) is 0 Å². The second-order valence-corrected chi connectivity index (χ2v) is 7.75. The SMILES string of the molecule is CC/C(=C(/c1ccc(/C=C/C(N)=N/N)cc1)c1ccc2n[nH]c(F)c2c1)c1ccncc1Cl. The number of halogens is 2. The van der Waals surface area contributed by atoms with Gasteiger partial charge in [0.05, 0.1) is 15.9 Å². The van der Waals surface area contributed by atoms with E-state index in [0.717, 1.165) is 33.4 Å². The van der Waals surface area contributed by atoms with Crippen molar-refractivity contribution in [1.29, 1.82) is 0 Å². The van der Waals surface area contributed by atoms with Crippen molar-refractivity contribution in [2.45, 2.75) is 13.3 Å². The van der Waals surface area contributed by atoms with Gasteiger partial charge in [0.15, 0.2) is 0 Å². The van der Waals surface area contributed by atoms with Crippen molar-refractivity contribution in [3.05, 3.63) is 100 Å². The van der Waals surface area contributed by atoms with Crippen LogP contribution in [0, 0.1) is 5.95 Å². The third-order valence-electron chi connectivity index (χ3n) is 5.34. The summed E-state index contributed by atoms with van der Waals surface area (Å²) in [6.07, 6.45) is 7.50. The molecule has 166 valence electrons. The van der Waals surface area contributed by atoms with Crippen LogP contribution in [0.2, 0.25) is 5.02 Å². The maximum Gasteiger partial charge on any atom is 0.216 e. The summed E-state index contributed by atoms with van der Waals surface area (Å²) in [5, 5.41) is 10.8. The van der Waals surface area contributed by atoms with Gasteiger partial charge >= 0.3 is 0 Å². The maximum absolute atomic E-state index is 14.3. The molecule has 4 aromatic rings. The van der Waals surface area contributed by atoms with Gasteiger partial charge in [-0.15, -0.1) is 0 Å². The highest BCUT2D eigenvalue weighted by atomic mass is 35.5. The number of nitrogens with zero attached hydrogens (tertiary/aromatic N) is 3. The zero-order chi connectivity index (χ0) is 23.4. The minimum Gasteiger partial charge on any atom is -0.382 e. The molecule has 2 aromatic carbocycles. The number of rotatable bonds is 6. The smallest absolute Gasteiger partial charge is 0.216 e. The van der Waals surface area contributed by atoms with Crippen LogP contribution in [0.15, 0.2) is 72.1 Å². The minimum atomic E-state index is -0.467. The van der Waals surface area contributed by atoms with E-state index in [1.165, 1.54) is 0 Å². The Labute approximate surface area is 195 Å². The lowest BCUT2D eigenvalue weighted by molar-refractivity contribution is 0.588. The van der Waals surface area contributed by atoms with E-state index >= 15 is 0 Å². The van der Waals surface area contributed by atoms with Crippen LogP contribution in [-0.4, -0.2) is 21.0 Å². The molecule has 0 radical (unpaired) electrons. The van der Waals surface area contributed by atoms with Gasteiger partial charge in [0.2, 0.25) is 5.95 Å². The van der Waals surface area contributed by atoms with Crippen LogP contribution in [0.25, 0.3) is 28.1 Å². The molecule has 0 amide bonds. The predicted octanol–water partition coefficient (Wildman–Crippen LogP) is 5.36. The van der Waals surface area contributed by atoms with E-state index < -0.39 is 5.95 Å². The number of amidine groups is 1. The lowest BCUT2D eigenvalue weighted by atomic mass is 9.87. The number of H-pyrrole nitrogens is 1. The van der Waals surface area contributed by atoms with Gasteiger partial charge in [-0.1, -0.05) is 54.9 Å². The number of nitrogens with one attached hydrogen (secondary N) is 1. The Kier molecular flexibility index (Phi) is 6.51. The number of allylic oxidation sites excluding steroid dienone is 1. The third kappa shape index (κ3) is 4.63. The van der Waals surface area contributed by atoms with Crippen molar-refractivity contribution in [1.82, 2.24) is 15.2 Å². The van der Waals surface area contributed by atoms with Crippen LogP contribution in [0.1, 0.15) is 35.6 Å². The molecule has 0 aliphatic carbocycles. The molecule has 4 rings (SSSR count). The Morgan fingerprint density at radius 2 is 1.91 bits per heavy atom. The Hall–Kier alpha value is -3.97. The van der Waals surface area contributed by atoms with E-state index in [9.17, 15) is 4.39 Å². The Morgan fingerprint density at radius 3 is 2.61 bits per heavy atom. The maximum atomic E-state index is 14.3. The summed E-state index contributed by atoms with van der Waals surface area (Å²) in [5.41, 5.74) is 11.8. The molecule has 0 unspecified atom stereocenters. The van der Waals surface area contributed by atoms with Gasteiger partial charge in [-0.3, -0.25) is 10.1 Å². The van der Waals surface area contributed by atoms with Crippen molar-refractivity contribution >= 4 is 45.6 Å². The molecule has 6 nitrogen and oxygen atoms in total. The van der Waals surface area contributed by atoms with Gasteiger partial charge < -0.3 is 11.6 Å². The highest BCUT2D eigenvalue weighted by Gasteiger charge is 2.17. The lowest BCUT2D eigenvalue weighted by Crippen LogP contribution is -2.09. The number of aromatic nitrogens is 3. The van der Waals surface area contributed by atoms with Crippen molar-refractivity contribution < 1.29 is 4.39 Å². The number of hydrazone groups is 1. The van der Waals surface area contributed by atoms with Crippen LogP contribution in [0.5, 0.6) is 0 Å². The summed E-state index contributed by atoms with van der Waals surface area (Å²) >= 11 is 6.52. The summed E-state index contributed by atoms with van der Waals surface area (Å²) in [7, 11) is 0. The first-order valence-electron chi connectivity index (χ1n) is 10.3. The second kappa shape index (κ2) is 9.67. The summed E-state index contributed by atoms with van der Waals surface area (Å²) in [5.74, 6) is 4.95. The standard InChI is InChI=1S/C25H22ClFN6/c1-2-18(19-11-12-30-14-21(19)26)24(17-8-9-22-20(13-17)25(27)33-32-22)16-6-3-15(4-7-16)5-10-23(28)31-29/h3-14H,2,29H2,1H3,(H2,28,31)(H,32,33)/b10-5+,24-18+. The van der Waals surface area contributed by atoms with Crippen LogP contribution >= 0.6 is 11.6 Å². The molecule has 0 saturated carbocycles. The van der Waals surface area contributed by atoms with Crippen LogP contribution in [0.3, 0.4) is 0 Å². The van der Waals surface area contributed by atoms with E-state index in [0.29, 0.717) is 22.3 Å². The minimum absolute atomic E-state index is 0.232. The summed E-state index contributed by atoms with van der Waals surface area (Å²) < 4.78 is 14.3. The number of hydrogen-bond donors (Lipinski definition) is 3. The average Bonchev–Trinajstić information content (AvgIpc) is 3.22. The van der Waals surface area contributed by atoms with Crippen molar-refractivity contribution in [2.24, 2.45) is 16.7 Å². The number of aromatic amines is 1.